The third kappa shape index (κ3) is 4.91. The molecule has 4 nitrogen and oxygen atoms in total. The van der Waals surface area contributed by atoms with Crippen molar-refractivity contribution in [2.24, 2.45) is 0 Å². The van der Waals surface area contributed by atoms with Crippen LogP contribution in [0.15, 0.2) is 0 Å². The maximum Gasteiger partial charge on any atom is 0.0807 e. The van der Waals surface area contributed by atoms with Gasteiger partial charge in [0.1, 0.15) is 0 Å². The van der Waals surface area contributed by atoms with E-state index >= 15 is 0 Å². The van der Waals surface area contributed by atoms with Crippen LogP contribution in [0.3, 0.4) is 0 Å². The second-order valence-corrected chi connectivity index (χ2v) is 3.38. The molecule has 0 saturated carbocycles. The third-order valence-electron chi connectivity index (χ3n) is 2.25. The van der Waals surface area contributed by atoms with Crippen LogP contribution in [-0.2, 0) is 18.9 Å². The minimum absolute atomic E-state index is 0.109. The fourth-order valence-electron chi connectivity index (χ4n) is 1.18. The van der Waals surface area contributed by atoms with Gasteiger partial charge in [-0.1, -0.05) is 0 Å². The summed E-state index contributed by atoms with van der Waals surface area (Å²) in [6, 6.07) is 0. The molecular weight excluding hydrogens is 184 g/mol. The topological polar surface area (TPSA) is 36.9 Å². The Morgan fingerprint density at radius 3 is 1.43 bits per heavy atom. The van der Waals surface area contributed by atoms with Crippen molar-refractivity contribution in [1.29, 1.82) is 0 Å². The lowest BCUT2D eigenvalue weighted by molar-refractivity contribution is -0.0930. The van der Waals surface area contributed by atoms with Crippen LogP contribution in [0.4, 0.5) is 0 Å². The first-order valence-corrected chi connectivity index (χ1v) is 5.19. The molecule has 1 rings (SSSR count). The third-order valence-corrected chi connectivity index (χ3v) is 2.25. The molecule has 0 aromatic heterocycles. The second kappa shape index (κ2) is 7.17. The van der Waals surface area contributed by atoms with Gasteiger partial charge in [0, 0.05) is 0 Å². The first kappa shape index (κ1) is 11.9. The van der Waals surface area contributed by atoms with Crippen LogP contribution in [0, 0.1) is 0 Å². The fourth-order valence-corrected chi connectivity index (χ4v) is 1.18. The largest absolute Gasteiger partial charge is 0.377 e. The van der Waals surface area contributed by atoms with Gasteiger partial charge in [0.15, 0.2) is 0 Å². The molecule has 1 saturated heterocycles. The number of ether oxygens (including phenoxy) is 4. The van der Waals surface area contributed by atoms with E-state index in [0.29, 0.717) is 39.6 Å². The molecule has 2 unspecified atom stereocenters. The first-order valence-electron chi connectivity index (χ1n) is 5.19. The maximum atomic E-state index is 5.54. The maximum absolute atomic E-state index is 5.54. The molecule has 0 amide bonds. The van der Waals surface area contributed by atoms with Gasteiger partial charge in [0.2, 0.25) is 0 Å². The van der Waals surface area contributed by atoms with Crippen LogP contribution < -0.4 is 0 Å². The highest BCUT2D eigenvalue weighted by atomic mass is 16.6. The van der Waals surface area contributed by atoms with Crippen LogP contribution in [0.2, 0.25) is 0 Å². The van der Waals surface area contributed by atoms with Crippen LogP contribution in [0.1, 0.15) is 13.8 Å². The van der Waals surface area contributed by atoms with Gasteiger partial charge in [-0.15, -0.1) is 0 Å². The van der Waals surface area contributed by atoms with E-state index in [-0.39, 0.29) is 12.2 Å². The summed E-state index contributed by atoms with van der Waals surface area (Å²) in [4.78, 5) is 0. The Balaban J connectivity index is 2.23. The molecular formula is C10H20O4. The Kier molecular flexibility index (Phi) is 6.10. The van der Waals surface area contributed by atoms with E-state index in [1.54, 1.807) is 0 Å². The van der Waals surface area contributed by atoms with Gasteiger partial charge in [0.25, 0.3) is 0 Å². The average molecular weight is 204 g/mol. The SMILES string of the molecule is CC1OCCOCCOCCOC1C. The van der Waals surface area contributed by atoms with Gasteiger partial charge in [-0.2, -0.15) is 0 Å². The lowest BCUT2D eigenvalue weighted by atomic mass is 10.2. The van der Waals surface area contributed by atoms with E-state index in [4.69, 9.17) is 18.9 Å². The van der Waals surface area contributed by atoms with Crippen LogP contribution in [0.25, 0.3) is 0 Å². The van der Waals surface area contributed by atoms with E-state index < -0.39 is 0 Å². The molecule has 1 heterocycles. The molecule has 14 heavy (non-hydrogen) atoms. The summed E-state index contributed by atoms with van der Waals surface area (Å²) in [6.45, 7) is 7.78. The Labute approximate surface area is 85.5 Å². The predicted molar refractivity (Wildman–Crippen MR) is 52.5 cm³/mol. The van der Waals surface area contributed by atoms with E-state index in [2.05, 4.69) is 0 Å². The Morgan fingerprint density at radius 1 is 0.643 bits per heavy atom. The summed E-state index contributed by atoms with van der Waals surface area (Å²) in [6.07, 6.45) is 0.219. The first-order chi connectivity index (χ1) is 6.80. The highest BCUT2D eigenvalue weighted by Crippen LogP contribution is 2.03. The molecule has 0 N–H and O–H groups in total. The fraction of sp³-hybridized carbons (Fsp3) is 1.00. The van der Waals surface area contributed by atoms with E-state index in [9.17, 15) is 0 Å². The second-order valence-electron chi connectivity index (χ2n) is 3.38. The molecule has 0 aliphatic carbocycles. The van der Waals surface area contributed by atoms with Gasteiger partial charge in [0.05, 0.1) is 51.8 Å². The Bertz CT molecular complexity index is 124. The zero-order chi connectivity index (χ0) is 10.2. The molecule has 4 heteroatoms. The summed E-state index contributed by atoms with van der Waals surface area (Å²) >= 11 is 0. The summed E-state index contributed by atoms with van der Waals surface area (Å²) in [5.41, 5.74) is 0. The number of hydrogen-bond donors (Lipinski definition) is 0. The Morgan fingerprint density at radius 2 is 1.00 bits per heavy atom. The molecule has 2 atom stereocenters. The average Bonchev–Trinajstić information content (AvgIpc) is 2.18. The summed E-state index contributed by atoms with van der Waals surface area (Å²) < 4.78 is 21.7. The van der Waals surface area contributed by atoms with Gasteiger partial charge >= 0.3 is 0 Å². The van der Waals surface area contributed by atoms with Crippen molar-refractivity contribution in [2.75, 3.05) is 39.6 Å². The van der Waals surface area contributed by atoms with Crippen LogP contribution >= 0.6 is 0 Å². The van der Waals surface area contributed by atoms with Crippen molar-refractivity contribution in [3.8, 4) is 0 Å². The van der Waals surface area contributed by atoms with Crippen molar-refractivity contribution in [1.82, 2.24) is 0 Å². The molecule has 0 aromatic carbocycles. The molecule has 1 fully saturated rings. The van der Waals surface area contributed by atoms with Crippen molar-refractivity contribution in [3.05, 3.63) is 0 Å². The lowest BCUT2D eigenvalue weighted by Crippen LogP contribution is -2.29. The monoisotopic (exact) mass is 204 g/mol. The summed E-state index contributed by atoms with van der Waals surface area (Å²) in [5.74, 6) is 0. The summed E-state index contributed by atoms with van der Waals surface area (Å²) in [7, 11) is 0. The van der Waals surface area contributed by atoms with Gasteiger partial charge in [-0.3, -0.25) is 0 Å². The minimum Gasteiger partial charge on any atom is -0.377 e. The lowest BCUT2D eigenvalue weighted by Gasteiger charge is -2.21. The molecule has 0 spiro atoms. The Hall–Kier alpha value is -0.160. The van der Waals surface area contributed by atoms with E-state index in [1.165, 1.54) is 0 Å². The van der Waals surface area contributed by atoms with Crippen LogP contribution in [-0.4, -0.2) is 51.8 Å². The smallest absolute Gasteiger partial charge is 0.0807 e. The van der Waals surface area contributed by atoms with Crippen LogP contribution in [0.5, 0.6) is 0 Å². The molecule has 84 valence electrons. The molecule has 0 radical (unpaired) electrons. The van der Waals surface area contributed by atoms with E-state index in [1.807, 2.05) is 13.8 Å². The zero-order valence-electron chi connectivity index (χ0n) is 9.03. The standard InChI is InChI=1S/C10H20O4/c1-9-10(2)14-8-6-12-4-3-11-5-7-13-9/h9-10H,3-8H2,1-2H3. The quantitative estimate of drug-likeness (QED) is 0.586. The van der Waals surface area contributed by atoms with E-state index in [0.717, 1.165) is 0 Å². The van der Waals surface area contributed by atoms with Crippen molar-refractivity contribution in [2.45, 2.75) is 26.1 Å². The number of rotatable bonds is 0. The molecule has 0 aromatic rings. The molecule has 1 aliphatic rings. The predicted octanol–water partition coefficient (Wildman–Crippen LogP) is 0.843. The zero-order valence-corrected chi connectivity index (χ0v) is 9.03. The van der Waals surface area contributed by atoms with Gasteiger partial charge in [-0.25, -0.2) is 0 Å². The van der Waals surface area contributed by atoms with Gasteiger partial charge in [-0.05, 0) is 13.8 Å². The minimum atomic E-state index is 0.109. The summed E-state index contributed by atoms with van der Waals surface area (Å²) in [5, 5.41) is 0. The molecule has 0 bridgehead atoms. The van der Waals surface area contributed by atoms with Crippen molar-refractivity contribution >= 4 is 0 Å². The highest BCUT2D eigenvalue weighted by molar-refractivity contribution is 4.60. The van der Waals surface area contributed by atoms with Crippen molar-refractivity contribution < 1.29 is 18.9 Å². The normalized spacial score (nSPS) is 33.0. The molecule has 1 aliphatic heterocycles. The van der Waals surface area contributed by atoms with Crippen molar-refractivity contribution in [3.63, 3.8) is 0 Å². The van der Waals surface area contributed by atoms with Gasteiger partial charge < -0.3 is 18.9 Å². The number of hydrogen-bond acceptors (Lipinski definition) is 4. The highest BCUT2D eigenvalue weighted by Gasteiger charge is 2.13.